The highest BCUT2D eigenvalue weighted by Gasteiger charge is 2.72. The molecule has 0 N–H and O–H groups in total. The summed E-state index contributed by atoms with van der Waals surface area (Å²) in [5, 5.41) is 0.545. The first-order valence-corrected chi connectivity index (χ1v) is 14.5. The van der Waals surface area contributed by atoms with Gasteiger partial charge in [0.1, 0.15) is 11.5 Å². The predicted molar refractivity (Wildman–Crippen MR) is 166 cm³/mol. The van der Waals surface area contributed by atoms with Crippen LogP contribution in [-0.2, 0) is 0 Å². The second-order valence-electron chi connectivity index (χ2n) is 11.2. The first-order valence-electron chi connectivity index (χ1n) is 14.1. The average molecular weight is 590 g/mol. The van der Waals surface area contributed by atoms with Gasteiger partial charge in [0.25, 0.3) is 0 Å². The standard InChI is InChI=1S/C36H28ClNO5/c1-20-11-13-21(14-12-20)32(39)31-30(26-9-6-10-28(42-2)33(26)43-3)36(34(40)24-7-4-5-8-25(24)35(36)41)29-18-15-22-19-23(37)16-17-27(22)38(29)31/h4-19,29-31H,1-3H3/t29-,30-,31+/m1/s1. The molecule has 1 fully saturated rings. The zero-order valence-corrected chi connectivity index (χ0v) is 24.6. The minimum absolute atomic E-state index is 0.204. The number of anilines is 1. The van der Waals surface area contributed by atoms with Crippen molar-refractivity contribution in [2.45, 2.75) is 24.9 Å². The fraction of sp³-hybridized carbons (Fsp3) is 0.194. The lowest BCUT2D eigenvalue weighted by molar-refractivity contribution is 0.0664. The molecule has 6 nitrogen and oxygen atoms in total. The van der Waals surface area contributed by atoms with Crippen LogP contribution in [0, 0.1) is 12.3 Å². The van der Waals surface area contributed by atoms with Crippen molar-refractivity contribution in [2.75, 3.05) is 19.1 Å². The van der Waals surface area contributed by atoms with E-state index in [4.69, 9.17) is 21.1 Å². The van der Waals surface area contributed by atoms with Crippen molar-refractivity contribution >= 4 is 40.7 Å². The van der Waals surface area contributed by atoms with E-state index in [2.05, 4.69) is 0 Å². The van der Waals surface area contributed by atoms with Crippen LogP contribution in [0.5, 0.6) is 11.5 Å². The van der Waals surface area contributed by atoms with Gasteiger partial charge in [0, 0.05) is 38.9 Å². The summed E-state index contributed by atoms with van der Waals surface area (Å²) in [7, 11) is 3.06. The molecule has 1 spiro atoms. The van der Waals surface area contributed by atoms with E-state index in [1.165, 1.54) is 14.2 Å². The number of nitrogens with zero attached hydrogens (tertiary/aromatic N) is 1. The molecule has 0 radical (unpaired) electrons. The zero-order chi connectivity index (χ0) is 30.0. The van der Waals surface area contributed by atoms with Gasteiger partial charge >= 0.3 is 0 Å². The molecule has 1 saturated heterocycles. The number of hydrogen-bond acceptors (Lipinski definition) is 6. The van der Waals surface area contributed by atoms with Gasteiger partial charge in [-0.3, -0.25) is 14.4 Å². The highest BCUT2D eigenvalue weighted by Crippen LogP contribution is 2.62. The van der Waals surface area contributed by atoms with Crippen LogP contribution < -0.4 is 14.4 Å². The van der Waals surface area contributed by atoms with E-state index >= 15 is 0 Å². The van der Waals surface area contributed by atoms with Gasteiger partial charge in [0.15, 0.2) is 28.8 Å². The van der Waals surface area contributed by atoms with Gasteiger partial charge in [-0.05, 0) is 36.8 Å². The lowest BCUT2D eigenvalue weighted by atomic mass is 9.64. The number of Topliss-reactive ketones (excluding diaryl/α,β-unsaturated/α-hetero) is 3. The number of ketones is 3. The van der Waals surface area contributed by atoms with Crippen molar-refractivity contribution in [3.63, 3.8) is 0 Å². The molecule has 1 aliphatic carbocycles. The molecule has 214 valence electrons. The summed E-state index contributed by atoms with van der Waals surface area (Å²) in [5.41, 5.74) is 2.65. The first-order chi connectivity index (χ1) is 20.8. The maximum absolute atomic E-state index is 14.9. The van der Waals surface area contributed by atoms with E-state index in [-0.39, 0.29) is 17.3 Å². The van der Waals surface area contributed by atoms with Crippen molar-refractivity contribution < 1.29 is 23.9 Å². The SMILES string of the molecule is COc1cccc([C@@H]2[C@@H](C(=O)c3ccc(C)cc3)N3c4ccc(Cl)cc4C=C[C@@H]3C23C(=O)c2ccccc2C3=O)c1OC. The molecule has 0 bridgehead atoms. The third-order valence-electron chi connectivity index (χ3n) is 9.14. The van der Waals surface area contributed by atoms with Crippen LogP contribution in [0.3, 0.4) is 0 Å². The molecule has 2 heterocycles. The van der Waals surface area contributed by atoms with Crippen LogP contribution in [0.1, 0.15) is 53.7 Å². The smallest absolute Gasteiger partial charge is 0.185 e. The van der Waals surface area contributed by atoms with E-state index in [1.54, 1.807) is 54.6 Å². The topological polar surface area (TPSA) is 72.9 Å². The molecule has 0 aromatic heterocycles. The molecule has 7 rings (SSSR count). The van der Waals surface area contributed by atoms with E-state index in [1.807, 2.05) is 54.3 Å². The number of ether oxygens (including phenoxy) is 2. The highest BCUT2D eigenvalue weighted by molar-refractivity contribution is 6.33. The van der Waals surface area contributed by atoms with E-state index in [0.717, 1.165) is 16.8 Å². The lowest BCUT2D eigenvalue weighted by Crippen LogP contribution is -2.48. The fourth-order valence-corrected chi connectivity index (χ4v) is 7.52. The number of para-hydroxylation sites is 1. The maximum atomic E-state index is 14.9. The Morgan fingerprint density at radius 1 is 0.860 bits per heavy atom. The third kappa shape index (κ3) is 3.69. The summed E-state index contributed by atoms with van der Waals surface area (Å²) in [6, 6.07) is 23.5. The van der Waals surface area contributed by atoms with Crippen LogP contribution in [0.2, 0.25) is 5.02 Å². The van der Waals surface area contributed by atoms with Crippen molar-refractivity contribution in [3.05, 3.63) is 129 Å². The minimum atomic E-state index is -1.65. The molecule has 3 aliphatic rings. The number of rotatable bonds is 5. The molecule has 3 atom stereocenters. The van der Waals surface area contributed by atoms with Gasteiger partial charge in [-0.2, -0.15) is 0 Å². The molecule has 4 aromatic carbocycles. The zero-order valence-electron chi connectivity index (χ0n) is 23.8. The molecule has 0 unspecified atom stereocenters. The quantitative estimate of drug-likeness (QED) is 0.185. The monoisotopic (exact) mass is 589 g/mol. The summed E-state index contributed by atoms with van der Waals surface area (Å²) in [5.74, 6) is -0.912. The second-order valence-corrected chi connectivity index (χ2v) is 11.7. The third-order valence-corrected chi connectivity index (χ3v) is 9.37. The molecule has 4 aromatic rings. The Morgan fingerprint density at radius 3 is 2.21 bits per heavy atom. The van der Waals surface area contributed by atoms with Gasteiger partial charge in [0.05, 0.1) is 20.3 Å². The number of benzene rings is 4. The number of halogens is 1. The Hall–Kier alpha value is -4.68. The molecular weight excluding hydrogens is 562 g/mol. The van der Waals surface area contributed by atoms with Crippen molar-refractivity contribution in [3.8, 4) is 11.5 Å². The Bertz CT molecular complexity index is 1830. The number of fused-ring (bicyclic) bond motifs is 5. The average Bonchev–Trinajstić information content (AvgIpc) is 3.46. The first kappa shape index (κ1) is 27.2. The summed E-state index contributed by atoms with van der Waals surface area (Å²) >= 11 is 6.40. The van der Waals surface area contributed by atoms with E-state index < -0.39 is 23.4 Å². The number of aryl methyl sites for hydroxylation is 1. The maximum Gasteiger partial charge on any atom is 0.185 e. The number of carbonyl (C=O) groups is 3. The molecule has 43 heavy (non-hydrogen) atoms. The Morgan fingerprint density at radius 2 is 1.56 bits per heavy atom. The van der Waals surface area contributed by atoms with Gasteiger partial charge < -0.3 is 14.4 Å². The summed E-state index contributed by atoms with van der Waals surface area (Å²) < 4.78 is 11.6. The molecule has 7 heteroatoms. The number of carbonyl (C=O) groups excluding carboxylic acids is 3. The lowest BCUT2D eigenvalue weighted by Gasteiger charge is -2.37. The summed E-state index contributed by atoms with van der Waals surface area (Å²) in [6.45, 7) is 1.96. The highest BCUT2D eigenvalue weighted by atomic mass is 35.5. The van der Waals surface area contributed by atoms with Crippen molar-refractivity contribution in [1.29, 1.82) is 0 Å². The molecule has 2 aliphatic heterocycles. The van der Waals surface area contributed by atoms with Gasteiger partial charge in [-0.1, -0.05) is 90.0 Å². The molecule has 0 amide bonds. The van der Waals surface area contributed by atoms with Crippen LogP contribution >= 0.6 is 11.6 Å². The summed E-state index contributed by atoms with van der Waals surface area (Å²) in [4.78, 5) is 46.5. The number of hydrogen-bond donors (Lipinski definition) is 0. The predicted octanol–water partition coefficient (Wildman–Crippen LogP) is 6.98. The Balaban J connectivity index is 1.58. The van der Waals surface area contributed by atoms with Crippen LogP contribution in [0.15, 0.2) is 91.0 Å². The second kappa shape index (κ2) is 9.96. The van der Waals surface area contributed by atoms with Gasteiger partial charge in [-0.15, -0.1) is 0 Å². The van der Waals surface area contributed by atoms with Crippen molar-refractivity contribution in [2.24, 2.45) is 5.41 Å². The van der Waals surface area contributed by atoms with Crippen LogP contribution in [-0.4, -0.2) is 43.7 Å². The van der Waals surface area contributed by atoms with Gasteiger partial charge in [-0.25, -0.2) is 0 Å². The normalized spacial score (nSPS) is 21.0. The van der Waals surface area contributed by atoms with E-state index in [0.29, 0.717) is 38.8 Å². The Kier molecular flexibility index (Phi) is 6.29. The Labute approximate surface area is 254 Å². The van der Waals surface area contributed by atoms with Crippen LogP contribution in [0.4, 0.5) is 5.69 Å². The van der Waals surface area contributed by atoms with E-state index in [9.17, 15) is 14.4 Å². The van der Waals surface area contributed by atoms with Crippen LogP contribution in [0.25, 0.3) is 6.08 Å². The number of methoxy groups -OCH3 is 2. The largest absolute Gasteiger partial charge is 0.493 e. The van der Waals surface area contributed by atoms with Gasteiger partial charge in [0.2, 0.25) is 0 Å². The molecule has 0 saturated carbocycles. The fourth-order valence-electron chi connectivity index (χ4n) is 7.34. The molecular formula is C36H28ClNO5. The van der Waals surface area contributed by atoms with Crippen molar-refractivity contribution in [1.82, 2.24) is 0 Å². The minimum Gasteiger partial charge on any atom is -0.493 e. The summed E-state index contributed by atoms with van der Waals surface area (Å²) in [6.07, 6.45) is 3.77.